The molecule has 1 fully saturated rings. The molecule has 0 aromatic heterocycles. The monoisotopic (exact) mass is 424 g/mol. The Bertz CT molecular complexity index is 983. The van der Waals surface area contributed by atoms with Crippen LogP contribution in [-0.4, -0.2) is 65.0 Å². The third kappa shape index (κ3) is 4.41. The van der Waals surface area contributed by atoms with Crippen LogP contribution in [0.25, 0.3) is 5.76 Å². The third-order valence-electron chi connectivity index (χ3n) is 5.66. The Morgan fingerprint density at radius 1 is 1.10 bits per heavy atom. The van der Waals surface area contributed by atoms with Gasteiger partial charge in [-0.25, -0.2) is 0 Å². The van der Waals surface area contributed by atoms with Crippen LogP contribution < -0.4 is 4.74 Å². The summed E-state index contributed by atoms with van der Waals surface area (Å²) in [6.45, 7) is 6.64. The first-order valence-corrected chi connectivity index (χ1v) is 10.4. The van der Waals surface area contributed by atoms with Gasteiger partial charge in [-0.3, -0.25) is 9.59 Å². The van der Waals surface area contributed by atoms with E-state index in [1.165, 1.54) is 18.1 Å². The number of carbonyl (C=O) groups excluding carboxylic acids is 2. The smallest absolute Gasteiger partial charge is 0.295 e. The van der Waals surface area contributed by atoms with Crippen LogP contribution in [0.4, 0.5) is 0 Å². The van der Waals surface area contributed by atoms with Gasteiger partial charge in [0.1, 0.15) is 5.76 Å². The highest BCUT2D eigenvalue weighted by molar-refractivity contribution is 6.46. The minimum atomic E-state index is -0.787. The van der Waals surface area contributed by atoms with E-state index in [2.05, 4.69) is 4.90 Å². The van der Waals surface area contributed by atoms with Gasteiger partial charge in [0.05, 0.1) is 18.7 Å². The first kappa shape index (κ1) is 22.4. The normalized spacial score (nSPS) is 18.1. The molecule has 1 aliphatic rings. The van der Waals surface area contributed by atoms with Gasteiger partial charge in [0, 0.05) is 18.7 Å². The van der Waals surface area contributed by atoms with Crippen LogP contribution in [0.5, 0.6) is 11.5 Å². The maximum absolute atomic E-state index is 13.0. The van der Waals surface area contributed by atoms with Gasteiger partial charge in [-0.1, -0.05) is 50.2 Å². The Kier molecular flexibility index (Phi) is 6.97. The Morgan fingerprint density at radius 2 is 1.77 bits per heavy atom. The number of hydrogen-bond acceptors (Lipinski definition) is 6. The molecule has 2 aromatic carbocycles. The highest BCUT2D eigenvalue weighted by Gasteiger charge is 2.46. The molecule has 164 valence electrons. The number of likely N-dealkylation sites (N-methyl/N-ethyl adjacent to an activating group) is 1. The average molecular weight is 424 g/mol. The molecule has 1 aliphatic heterocycles. The van der Waals surface area contributed by atoms with E-state index in [0.717, 1.165) is 13.1 Å². The number of carbonyl (C=O) groups is 2. The molecule has 0 radical (unpaired) electrons. The number of ether oxygens (including phenoxy) is 1. The molecular weight excluding hydrogens is 396 g/mol. The van der Waals surface area contributed by atoms with Crippen LogP contribution in [0, 0.1) is 0 Å². The fourth-order valence-electron chi connectivity index (χ4n) is 3.86. The Morgan fingerprint density at radius 3 is 2.39 bits per heavy atom. The number of hydrogen-bond donors (Lipinski definition) is 2. The lowest BCUT2D eigenvalue weighted by Gasteiger charge is -2.28. The SMILES string of the molecule is CCN(CC)CCN1C(=O)C(=O)/C(=C(/O)c2ccccc2)[C@H]1c1ccc(O)c(OC)c1. The maximum atomic E-state index is 13.0. The van der Waals surface area contributed by atoms with E-state index < -0.39 is 17.7 Å². The van der Waals surface area contributed by atoms with Crippen molar-refractivity contribution in [3.8, 4) is 11.5 Å². The number of Topliss-reactive ketones (excluding diaryl/α,β-unsaturated/α-hetero) is 1. The molecule has 3 rings (SSSR count). The van der Waals surface area contributed by atoms with Crippen LogP contribution in [-0.2, 0) is 9.59 Å². The van der Waals surface area contributed by atoms with E-state index in [1.54, 1.807) is 36.4 Å². The number of ketones is 1. The number of rotatable bonds is 8. The second-order valence-electron chi connectivity index (χ2n) is 7.32. The van der Waals surface area contributed by atoms with Crippen LogP contribution in [0.1, 0.15) is 31.0 Å². The summed E-state index contributed by atoms with van der Waals surface area (Å²) < 4.78 is 5.22. The van der Waals surface area contributed by atoms with Gasteiger partial charge in [0.25, 0.3) is 11.7 Å². The molecule has 0 spiro atoms. The largest absolute Gasteiger partial charge is 0.507 e. The molecule has 1 heterocycles. The minimum absolute atomic E-state index is 0.0310. The summed E-state index contributed by atoms with van der Waals surface area (Å²) in [6.07, 6.45) is 0. The molecule has 0 bridgehead atoms. The van der Waals surface area contributed by atoms with Gasteiger partial charge >= 0.3 is 0 Å². The molecule has 7 heteroatoms. The number of aliphatic hydroxyl groups excluding tert-OH is 1. The molecule has 1 atom stereocenters. The summed E-state index contributed by atoms with van der Waals surface area (Å²) in [7, 11) is 1.43. The van der Waals surface area contributed by atoms with E-state index in [0.29, 0.717) is 24.2 Å². The van der Waals surface area contributed by atoms with E-state index in [-0.39, 0.29) is 22.8 Å². The first-order chi connectivity index (χ1) is 14.9. The Hall–Kier alpha value is -3.32. The Balaban J connectivity index is 2.13. The van der Waals surface area contributed by atoms with Crippen LogP contribution in [0.2, 0.25) is 0 Å². The van der Waals surface area contributed by atoms with Crippen molar-refractivity contribution >= 4 is 17.4 Å². The van der Waals surface area contributed by atoms with Gasteiger partial charge in [0.15, 0.2) is 11.5 Å². The zero-order chi connectivity index (χ0) is 22.5. The molecule has 1 amide bonds. The van der Waals surface area contributed by atoms with Crippen molar-refractivity contribution in [2.24, 2.45) is 0 Å². The van der Waals surface area contributed by atoms with Crippen molar-refractivity contribution in [2.45, 2.75) is 19.9 Å². The number of phenols is 1. The second-order valence-corrected chi connectivity index (χ2v) is 7.32. The molecule has 7 nitrogen and oxygen atoms in total. The van der Waals surface area contributed by atoms with E-state index in [4.69, 9.17) is 4.74 Å². The predicted octanol–water partition coefficient (Wildman–Crippen LogP) is 3.16. The highest BCUT2D eigenvalue weighted by Crippen LogP contribution is 2.41. The number of amides is 1. The lowest BCUT2D eigenvalue weighted by Crippen LogP contribution is -2.38. The van der Waals surface area contributed by atoms with Crippen molar-refractivity contribution in [1.82, 2.24) is 9.80 Å². The van der Waals surface area contributed by atoms with Crippen molar-refractivity contribution in [3.63, 3.8) is 0 Å². The van der Waals surface area contributed by atoms with Crippen molar-refractivity contribution in [3.05, 3.63) is 65.2 Å². The van der Waals surface area contributed by atoms with Gasteiger partial charge in [-0.05, 0) is 30.8 Å². The summed E-state index contributed by atoms with van der Waals surface area (Å²) in [5.74, 6) is -1.41. The van der Waals surface area contributed by atoms with E-state index >= 15 is 0 Å². The van der Waals surface area contributed by atoms with Crippen LogP contribution in [0.15, 0.2) is 54.1 Å². The minimum Gasteiger partial charge on any atom is -0.507 e. The fourth-order valence-corrected chi connectivity index (χ4v) is 3.86. The molecule has 0 aliphatic carbocycles. The average Bonchev–Trinajstić information content (AvgIpc) is 3.05. The molecule has 0 saturated carbocycles. The maximum Gasteiger partial charge on any atom is 0.295 e. The third-order valence-corrected chi connectivity index (χ3v) is 5.66. The molecule has 1 saturated heterocycles. The molecule has 0 unspecified atom stereocenters. The lowest BCUT2D eigenvalue weighted by molar-refractivity contribution is -0.140. The predicted molar refractivity (Wildman–Crippen MR) is 118 cm³/mol. The van der Waals surface area contributed by atoms with Crippen molar-refractivity contribution in [1.29, 1.82) is 0 Å². The topological polar surface area (TPSA) is 90.3 Å². The number of methoxy groups -OCH3 is 1. The Labute approximate surface area is 182 Å². The number of phenolic OH excluding ortho intramolecular Hbond substituents is 1. The van der Waals surface area contributed by atoms with Gasteiger partial charge in [-0.2, -0.15) is 0 Å². The number of nitrogens with zero attached hydrogens (tertiary/aromatic N) is 2. The zero-order valence-corrected chi connectivity index (χ0v) is 18.0. The number of aromatic hydroxyl groups is 1. The number of benzene rings is 2. The summed E-state index contributed by atoms with van der Waals surface area (Å²) in [5, 5.41) is 21.0. The lowest BCUT2D eigenvalue weighted by atomic mass is 9.95. The highest BCUT2D eigenvalue weighted by atomic mass is 16.5. The quantitative estimate of drug-likeness (QED) is 0.384. The van der Waals surface area contributed by atoms with Crippen LogP contribution in [0.3, 0.4) is 0 Å². The van der Waals surface area contributed by atoms with Gasteiger partial charge in [0.2, 0.25) is 0 Å². The summed E-state index contributed by atoms with van der Waals surface area (Å²) in [6, 6.07) is 12.6. The molecule has 2 N–H and O–H groups in total. The summed E-state index contributed by atoms with van der Waals surface area (Å²) >= 11 is 0. The molecule has 2 aromatic rings. The summed E-state index contributed by atoms with van der Waals surface area (Å²) in [5.41, 5.74) is 1.06. The van der Waals surface area contributed by atoms with E-state index in [9.17, 15) is 19.8 Å². The van der Waals surface area contributed by atoms with Crippen LogP contribution >= 0.6 is 0 Å². The van der Waals surface area contributed by atoms with Gasteiger partial charge < -0.3 is 24.7 Å². The number of likely N-dealkylation sites (tertiary alicyclic amines) is 1. The second kappa shape index (κ2) is 9.66. The van der Waals surface area contributed by atoms with Crippen molar-refractivity contribution in [2.75, 3.05) is 33.3 Å². The van der Waals surface area contributed by atoms with Gasteiger partial charge in [-0.15, -0.1) is 0 Å². The first-order valence-electron chi connectivity index (χ1n) is 10.4. The van der Waals surface area contributed by atoms with Crippen molar-refractivity contribution < 1.29 is 24.5 Å². The summed E-state index contributed by atoms with van der Waals surface area (Å²) in [4.78, 5) is 29.6. The standard InChI is InChI=1S/C24H28N2O5/c1-4-25(5-2)13-14-26-21(17-11-12-18(27)19(15-17)31-3)20(23(29)24(26)30)22(28)16-9-7-6-8-10-16/h6-12,15,21,27-28H,4-5,13-14H2,1-3H3/b22-20+/t21-/m1/s1. The molecular formula is C24H28N2O5. The van der Waals surface area contributed by atoms with E-state index in [1.807, 2.05) is 19.9 Å². The zero-order valence-electron chi connectivity index (χ0n) is 18.0. The fraction of sp³-hybridized carbons (Fsp3) is 0.333. The molecule has 31 heavy (non-hydrogen) atoms. The number of aliphatic hydroxyl groups is 1.